The zero-order chi connectivity index (χ0) is 17.4. The Hall–Kier alpha value is -3.16. The molecule has 0 aliphatic carbocycles. The van der Waals surface area contributed by atoms with E-state index >= 15 is 0 Å². The molecule has 0 unspecified atom stereocenters. The van der Waals surface area contributed by atoms with Crippen LogP contribution in [0.4, 0.5) is 4.39 Å². The number of carbonyl (C=O) groups excluding carboxylic acids is 2. The Morgan fingerprint density at radius 1 is 1.21 bits per heavy atom. The van der Waals surface area contributed by atoms with Gasteiger partial charge in [-0.25, -0.2) is 4.39 Å². The second-order valence-corrected chi connectivity index (χ2v) is 5.46. The maximum Gasteiger partial charge on any atom is 0.274 e. The summed E-state index contributed by atoms with van der Waals surface area (Å²) in [6.45, 7) is 0.647. The third-order valence-electron chi connectivity index (χ3n) is 3.91. The van der Waals surface area contributed by atoms with E-state index < -0.39 is 23.0 Å². The Morgan fingerprint density at radius 2 is 1.88 bits per heavy atom. The summed E-state index contributed by atoms with van der Waals surface area (Å²) in [6.07, 6.45) is 0. The van der Waals surface area contributed by atoms with Crippen LogP contribution in [-0.2, 0) is 13.1 Å². The Kier molecular flexibility index (Phi) is 3.80. The molecule has 0 atom stereocenters. The number of aromatic nitrogens is 1. The average Bonchev–Trinajstić information content (AvgIpc) is 2.54. The molecule has 0 spiro atoms. The Labute approximate surface area is 135 Å². The van der Waals surface area contributed by atoms with E-state index in [9.17, 15) is 23.9 Å². The van der Waals surface area contributed by atoms with Gasteiger partial charge in [-0.15, -0.1) is 0 Å². The molecule has 2 heterocycles. The fourth-order valence-electron chi connectivity index (χ4n) is 2.72. The zero-order valence-corrected chi connectivity index (χ0v) is 12.5. The summed E-state index contributed by atoms with van der Waals surface area (Å²) in [7, 11) is 0. The largest absolute Gasteiger partial charge is 0.503 e. The number of hydrogen-bond acceptors (Lipinski definition) is 4. The van der Waals surface area contributed by atoms with Crippen LogP contribution in [0.1, 0.15) is 26.5 Å². The van der Waals surface area contributed by atoms with E-state index in [1.807, 2.05) is 0 Å². The van der Waals surface area contributed by atoms with Crippen molar-refractivity contribution in [3.63, 3.8) is 0 Å². The van der Waals surface area contributed by atoms with Crippen molar-refractivity contribution >= 4 is 11.8 Å². The molecule has 1 aromatic carbocycles. The lowest BCUT2D eigenvalue weighted by Gasteiger charge is -2.31. The van der Waals surface area contributed by atoms with Gasteiger partial charge in [0.1, 0.15) is 11.5 Å². The van der Waals surface area contributed by atoms with Crippen molar-refractivity contribution in [3.05, 3.63) is 63.3 Å². The van der Waals surface area contributed by atoms with Crippen molar-refractivity contribution in [2.45, 2.75) is 13.1 Å². The molecule has 124 valence electrons. The fraction of sp³-hybridized carbons (Fsp3) is 0.188. The number of hydrogen-bond donors (Lipinski definition) is 2. The van der Waals surface area contributed by atoms with Crippen molar-refractivity contribution in [1.82, 2.24) is 9.47 Å². The molecule has 2 amide bonds. The molecule has 8 heteroatoms. The van der Waals surface area contributed by atoms with Gasteiger partial charge in [-0.3, -0.25) is 14.4 Å². The van der Waals surface area contributed by atoms with Crippen LogP contribution in [0, 0.1) is 5.82 Å². The summed E-state index contributed by atoms with van der Waals surface area (Å²) in [6, 6.07) is 6.58. The van der Waals surface area contributed by atoms with Gasteiger partial charge < -0.3 is 20.3 Å². The van der Waals surface area contributed by atoms with E-state index in [-0.39, 0.29) is 36.8 Å². The number of halogens is 1. The van der Waals surface area contributed by atoms with Crippen LogP contribution in [0.3, 0.4) is 0 Å². The molecule has 24 heavy (non-hydrogen) atoms. The topological polar surface area (TPSA) is 106 Å². The van der Waals surface area contributed by atoms with Gasteiger partial charge in [0.2, 0.25) is 5.43 Å². The van der Waals surface area contributed by atoms with Gasteiger partial charge in [0.15, 0.2) is 11.4 Å². The van der Waals surface area contributed by atoms with E-state index in [1.165, 1.54) is 21.6 Å². The Bertz CT molecular complexity index is 889. The van der Waals surface area contributed by atoms with Crippen molar-refractivity contribution in [2.24, 2.45) is 5.73 Å². The number of nitrogens with two attached hydrogens (primary N) is 1. The Balaban J connectivity index is 1.99. The molecule has 7 nitrogen and oxygen atoms in total. The molecular formula is C16H14FN3O4. The van der Waals surface area contributed by atoms with E-state index in [0.29, 0.717) is 5.56 Å². The first-order valence-electron chi connectivity index (χ1n) is 7.19. The first-order chi connectivity index (χ1) is 11.4. The maximum atomic E-state index is 13.0. The standard InChI is InChI=1S/C16H14FN3O4/c17-10-3-1-9(2-4-10)8-19-5-6-20-11(15(18)23)7-12(21)14(22)13(20)16(19)24/h1-4,7,22H,5-6,8H2,(H2,18,23). The first-order valence-corrected chi connectivity index (χ1v) is 7.19. The lowest BCUT2D eigenvalue weighted by atomic mass is 10.1. The van der Waals surface area contributed by atoms with E-state index in [2.05, 4.69) is 0 Å². The number of fused-ring (bicyclic) bond motifs is 1. The summed E-state index contributed by atoms with van der Waals surface area (Å²) in [5.74, 6) is -2.55. The minimum atomic E-state index is -0.854. The predicted molar refractivity (Wildman–Crippen MR) is 82.0 cm³/mol. The van der Waals surface area contributed by atoms with E-state index in [4.69, 9.17) is 5.73 Å². The number of amides is 2. The molecule has 1 aliphatic heterocycles. The number of primary amides is 1. The van der Waals surface area contributed by atoms with E-state index in [0.717, 1.165) is 6.07 Å². The summed E-state index contributed by atoms with van der Waals surface area (Å²) in [5, 5.41) is 9.96. The van der Waals surface area contributed by atoms with Crippen LogP contribution in [0.5, 0.6) is 5.75 Å². The predicted octanol–water partition coefficient (Wildman–Crippen LogP) is 0.448. The molecule has 1 aliphatic rings. The van der Waals surface area contributed by atoms with E-state index in [1.54, 1.807) is 12.1 Å². The number of pyridine rings is 1. The minimum absolute atomic E-state index is 0.123. The number of rotatable bonds is 3. The average molecular weight is 331 g/mol. The quantitative estimate of drug-likeness (QED) is 0.851. The summed E-state index contributed by atoms with van der Waals surface area (Å²) in [5.41, 5.74) is 4.71. The fourth-order valence-corrected chi connectivity index (χ4v) is 2.72. The van der Waals surface area contributed by atoms with Crippen LogP contribution in [0.15, 0.2) is 35.1 Å². The summed E-state index contributed by atoms with van der Waals surface area (Å²) in [4.78, 5) is 37.3. The molecule has 0 radical (unpaired) electrons. The van der Waals surface area contributed by atoms with Crippen LogP contribution in [0.25, 0.3) is 0 Å². The van der Waals surface area contributed by atoms with Gasteiger partial charge >= 0.3 is 0 Å². The highest BCUT2D eigenvalue weighted by Crippen LogP contribution is 2.22. The highest BCUT2D eigenvalue weighted by molar-refractivity contribution is 5.98. The minimum Gasteiger partial charge on any atom is -0.503 e. The Morgan fingerprint density at radius 3 is 2.50 bits per heavy atom. The third-order valence-corrected chi connectivity index (χ3v) is 3.91. The second kappa shape index (κ2) is 5.80. The molecule has 1 aromatic heterocycles. The van der Waals surface area contributed by atoms with Gasteiger partial charge in [0.25, 0.3) is 11.8 Å². The van der Waals surface area contributed by atoms with Gasteiger partial charge in [-0.05, 0) is 17.7 Å². The van der Waals surface area contributed by atoms with Gasteiger partial charge in [0, 0.05) is 25.7 Å². The lowest BCUT2D eigenvalue weighted by Crippen LogP contribution is -2.43. The molecule has 0 fully saturated rings. The molecule has 0 bridgehead atoms. The van der Waals surface area contributed by atoms with Gasteiger partial charge in [-0.2, -0.15) is 0 Å². The number of carbonyl (C=O) groups is 2. The summed E-state index contributed by atoms with van der Waals surface area (Å²) >= 11 is 0. The highest BCUT2D eigenvalue weighted by atomic mass is 19.1. The van der Waals surface area contributed by atoms with Crippen LogP contribution >= 0.6 is 0 Å². The van der Waals surface area contributed by atoms with Crippen molar-refractivity contribution in [1.29, 1.82) is 0 Å². The normalized spacial score (nSPS) is 13.7. The van der Waals surface area contributed by atoms with Gasteiger partial charge in [-0.1, -0.05) is 12.1 Å². The van der Waals surface area contributed by atoms with Crippen molar-refractivity contribution < 1.29 is 19.1 Å². The number of benzene rings is 1. The van der Waals surface area contributed by atoms with Gasteiger partial charge in [0.05, 0.1) is 0 Å². The molecule has 2 aromatic rings. The zero-order valence-electron chi connectivity index (χ0n) is 12.5. The molecule has 3 N–H and O–H groups in total. The van der Waals surface area contributed by atoms with Crippen molar-refractivity contribution in [3.8, 4) is 5.75 Å². The molecule has 3 rings (SSSR count). The second-order valence-electron chi connectivity index (χ2n) is 5.46. The molecule has 0 saturated carbocycles. The smallest absolute Gasteiger partial charge is 0.274 e. The monoisotopic (exact) mass is 331 g/mol. The van der Waals surface area contributed by atoms with Crippen LogP contribution in [0.2, 0.25) is 0 Å². The maximum absolute atomic E-state index is 13.0. The first kappa shape index (κ1) is 15.7. The van der Waals surface area contributed by atoms with Crippen molar-refractivity contribution in [2.75, 3.05) is 6.54 Å². The molecular weight excluding hydrogens is 317 g/mol. The third kappa shape index (κ3) is 2.62. The number of aromatic hydroxyl groups is 1. The SMILES string of the molecule is NC(=O)c1cc(=O)c(O)c2n1CCN(Cc1ccc(F)cc1)C2=O. The van der Waals surface area contributed by atoms with Crippen LogP contribution < -0.4 is 11.2 Å². The summed E-state index contributed by atoms with van der Waals surface area (Å²) < 4.78 is 14.2. The molecule has 0 saturated heterocycles. The highest BCUT2D eigenvalue weighted by Gasteiger charge is 2.31. The number of nitrogens with zero attached hydrogens (tertiary/aromatic N) is 2. The lowest BCUT2D eigenvalue weighted by molar-refractivity contribution is 0.0680. The van der Waals surface area contributed by atoms with Crippen LogP contribution in [-0.4, -0.2) is 32.9 Å².